The van der Waals surface area contributed by atoms with Crippen LogP contribution < -0.4 is 4.84 Å². The van der Waals surface area contributed by atoms with Crippen molar-refractivity contribution in [3.8, 4) is 0 Å². The Hall–Kier alpha value is -2.43. The molecule has 0 aliphatic heterocycles. The zero-order valence-electron chi connectivity index (χ0n) is 9.02. The van der Waals surface area contributed by atoms with Crippen molar-refractivity contribution in [1.82, 2.24) is 19.9 Å². The van der Waals surface area contributed by atoms with E-state index in [1.807, 2.05) is 24.3 Å². The standard InChI is InChI=1S/C12H10N4O/c1-2-5-11-10(4-1)8-15-16(11)17-9-12-13-6-3-7-14-12/h1-8H,9H2. The molecule has 0 unspecified atom stereocenters. The highest BCUT2D eigenvalue weighted by Crippen LogP contribution is 2.11. The highest BCUT2D eigenvalue weighted by Gasteiger charge is 2.03. The summed E-state index contributed by atoms with van der Waals surface area (Å²) in [7, 11) is 0. The first-order valence-corrected chi connectivity index (χ1v) is 5.25. The van der Waals surface area contributed by atoms with E-state index in [-0.39, 0.29) is 0 Å². The van der Waals surface area contributed by atoms with Crippen LogP contribution in [0.5, 0.6) is 0 Å². The van der Waals surface area contributed by atoms with Crippen molar-refractivity contribution >= 4 is 10.9 Å². The molecule has 0 bridgehead atoms. The van der Waals surface area contributed by atoms with Crippen molar-refractivity contribution in [2.24, 2.45) is 0 Å². The molecule has 84 valence electrons. The minimum atomic E-state index is 0.298. The van der Waals surface area contributed by atoms with Gasteiger partial charge in [0.15, 0.2) is 12.4 Å². The molecule has 0 atom stereocenters. The van der Waals surface area contributed by atoms with E-state index in [0.717, 1.165) is 10.9 Å². The molecule has 0 saturated heterocycles. The Morgan fingerprint density at radius 1 is 1.06 bits per heavy atom. The first-order valence-electron chi connectivity index (χ1n) is 5.25. The molecule has 0 N–H and O–H groups in total. The molecule has 5 heteroatoms. The van der Waals surface area contributed by atoms with Crippen LogP contribution in [0.1, 0.15) is 5.82 Å². The third-order valence-electron chi connectivity index (χ3n) is 2.38. The lowest BCUT2D eigenvalue weighted by molar-refractivity contribution is 0.0751. The van der Waals surface area contributed by atoms with E-state index < -0.39 is 0 Å². The average molecular weight is 226 g/mol. The predicted octanol–water partition coefficient (Wildman–Crippen LogP) is 1.46. The summed E-state index contributed by atoms with van der Waals surface area (Å²) in [5.41, 5.74) is 0.934. The Balaban J connectivity index is 1.82. The summed E-state index contributed by atoms with van der Waals surface area (Å²) in [6, 6.07) is 9.62. The fourth-order valence-electron chi connectivity index (χ4n) is 1.57. The first kappa shape index (κ1) is 9.77. The lowest BCUT2D eigenvalue weighted by atomic mass is 10.3. The summed E-state index contributed by atoms with van der Waals surface area (Å²) < 4.78 is 0. The van der Waals surface area contributed by atoms with E-state index in [4.69, 9.17) is 4.84 Å². The monoisotopic (exact) mass is 226 g/mol. The Labute approximate surface area is 97.6 Å². The van der Waals surface area contributed by atoms with Gasteiger partial charge in [-0.05, 0) is 12.1 Å². The molecule has 0 fully saturated rings. The lowest BCUT2D eigenvalue weighted by Crippen LogP contribution is -2.13. The van der Waals surface area contributed by atoms with E-state index in [2.05, 4.69) is 15.1 Å². The van der Waals surface area contributed by atoms with Crippen LogP contribution in [-0.4, -0.2) is 19.9 Å². The zero-order valence-corrected chi connectivity index (χ0v) is 9.02. The van der Waals surface area contributed by atoms with Crippen LogP contribution in [0.2, 0.25) is 0 Å². The molecule has 2 heterocycles. The molecular weight excluding hydrogens is 216 g/mol. The molecule has 0 saturated carbocycles. The van der Waals surface area contributed by atoms with Gasteiger partial charge >= 0.3 is 0 Å². The molecule has 0 aliphatic rings. The normalized spacial score (nSPS) is 10.6. The average Bonchev–Trinajstić information content (AvgIpc) is 2.81. The second kappa shape index (κ2) is 4.21. The summed E-state index contributed by atoms with van der Waals surface area (Å²) in [5.74, 6) is 0.632. The van der Waals surface area contributed by atoms with Gasteiger partial charge in [-0.3, -0.25) is 0 Å². The maximum absolute atomic E-state index is 5.53. The number of fused-ring (bicyclic) bond motifs is 1. The molecule has 17 heavy (non-hydrogen) atoms. The van der Waals surface area contributed by atoms with Gasteiger partial charge in [-0.2, -0.15) is 0 Å². The predicted molar refractivity (Wildman–Crippen MR) is 62.0 cm³/mol. The van der Waals surface area contributed by atoms with Gasteiger partial charge in [-0.15, -0.1) is 5.10 Å². The third kappa shape index (κ3) is 1.94. The molecule has 5 nitrogen and oxygen atoms in total. The van der Waals surface area contributed by atoms with E-state index in [1.54, 1.807) is 24.7 Å². The van der Waals surface area contributed by atoms with E-state index in [9.17, 15) is 0 Å². The van der Waals surface area contributed by atoms with Gasteiger partial charge in [0, 0.05) is 17.8 Å². The number of hydrogen-bond donors (Lipinski definition) is 0. The Morgan fingerprint density at radius 3 is 2.76 bits per heavy atom. The van der Waals surface area contributed by atoms with E-state index in [1.165, 1.54) is 4.85 Å². The quantitative estimate of drug-likeness (QED) is 0.678. The van der Waals surface area contributed by atoms with Crippen molar-refractivity contribution in [1.29, 1.82) is 0 Å². The topological polar surface area (TPSA) is 52.8 Å². The minimum absolute atomic E-state index is 0.298. The van der Waals surface area contributed by atoms with E-state index >= 15 is 0 Å². The molecule has 0 spiro atoms. The maximum Gasteiger partial charge on any atom is 0.176 e. The molecule has 0 amide bonds. The Kier molecular flexibility index (Phi) is 2.42. The van der Waals surface area contributed by atoms with Crippen LogP contribution in [0.3, 0.4) is 0 Å². The Bertz CT molecular complexity index is 620. The molecular formula is C12H10N4O. The number of aromatic nitrogens is 4. The summed E-state index contributed by atoms with van der Waals surface area (Å²) in [4.78, 5) is 15.2. The van der Waals surface area contributed by atoms with Crippen LogP contribution in [0.4, 0.5) is 0 Å². The fourth-order valence-corrected chi connectivity index (χ4v) is 1.57. The smallest absolute Gasteiger partial charge is 0.176 e. The summed E-state index contributed by atoms with van der Waals surface area (Å²) in [6.45, 7) is 0.298. The summed E-state index contributed by atoms with van der Waals surface area (Å²) in [5, 5.41) is 5.19. The van der Waals surface area contributed by atoms with Gasteiger partial charge in [-0.1, -0.05) is 23.0 Å². The fraction of sp³-hybridized carbons (Fsp3) is 0.0833. The maximum atomic E-state index is 5.53. The number of nitrogens with zero attached hydrogens (tertiary/aromatic N) is 4. The van der Waals surface area contributed by atoms with Crippen molar-refractivity contribution in [3.63, 3.8) is 0 Å². The number of benzene rings is 1. The first-order chi connectivity index (χ1) is 8.43. The van der Waals surface area contributed by atoms with Gasteiger partial charge < -0.3 is 4.84 Å². The molecule has 3 rings (SSSR count). The van der Waals surface area contributed by atoms with Gasteiger partial charge in [0.1, 0.15) is 5.52 Å². The minimum Gasteiger partial charge on any atom is -0.388 e. The van der Waals surface area contributed by atoms with Crippen LogP contribution in [0.15, 0.2) is 48.9 Å². The number of hydrogen-bond acceptors (Lipinski definition) is 4. The van der Waals surface area contributed by atoms with Crippen LogP contribution in [0.25, 0.3) is 10.9 Å². The third-order valence-corrected chi connectivity index (χ3v) is 2.38. The second-order valence-electron chi connectivity index (χ2n) is 3.51. The lowest BCUT2D eigenvalue weighted by Gasteiger charge is -2.04. The van der Waals surface area contributed by atoms with Crippen LogP contribution >= 0.6 is 0 Å². The van der Waals surface area contributed by atoms with Gasteiger partial charge in [-0.25, -0.2) is 9.97 Å². The number of para-hydroxylation sites is 1. The van der Waals surface area contributed by atoms with Crippen LogP contribution in [-0.2, 0) is 6.61 Å². The van der Waals surface area contributed by atoms with Crippen molar-refractivity contribution in [2.75, 3.05) is 0 Å². The molecule has 3 aromatic rings. The SMILES string of the molecule is c1cnc(COn2ncc3ccccc32)nc1. The van der Waals surface area contributed by atoms with Gasteiger partial charge in [0.05, 0.1) is 6.20 Å². The second-order valence-corrected chi connectivity index (χ2v) is 3.51. The highest BCUT2D eigenvalue weighted by molar-refractivity contribution is 5.77. The van der Waals surface area contributed by atoms with Crippen molar-refractivity contribution < 1.29 is 4.84 Å². The highest BCUT2D eigenvalue weighted by atomic mass is 16.7. The molecule has 1 aromatic carbocycles. The summed E-state index contributed by atoms with van der Waals surface area (Å²) in [6.07, 6.45) is 5.14. The van der Waals surface area contributed by atoms with E-state index in [0.29, 0.717) is 12.4 Å². The molecule has 2 aromatic heterocycles. The number of rotatable bonds is 3. The molecule has 0 radical (unpaired) electrons. The van der Waals surface area contributed by atoms with Crippen molar-refractivity contribution in [2.45, 2.75) is 6.61 Å². The molecule has 0 aliphatic carbocycles. The van der Waals surface area contributed by atoms with Crippen LogP contribution in [0, 0.1) is 0 Å². The largest absolute Gasteiger partial charge is 0.388 e. The summed E-state index contributed by atoms with van der Waals surface area (Å²) >= 11 is 0. The zero-order chi connectivity index (χ0) is 11.5. The van der Waals surface area contributed by atoms with Gasteiger partial charge in [0.25, 0.3) is 0 Å². The van der Waals surface area contributed by atoms with Gasteiger partial charge in [0.2, 0.25) is 0 Å². The Morgan fingerprint density at radius 2 is 1.88 bits per heavy atom. The van der Waals surface area contributed by atoms with Crippen molar-refractivity contribution in [3.05, 3.63) is 54.7 Å².